The smallest absolute Gasteiger partial charge is 0.0133 e. The van der Waals surface area contributed by atoms with Gasteiger partial charge < -0.3 is 0 Å². The Hall–Kier alpha value is -1.04. The second-order valence-electron chi connectivity index (χ2n) is 14.1. The molecule has 2 unspecified atom stereocenters. The summed E-state index contributed by atoms with van der Waals surface area (Å²) in [5.41, 5.74) is 4.22. The van der Waals surface area contributed by atoms with Gasteiger partial charge in [-0.05, 0) is 140 Å². The Morgan fingerprint density at radius 1 is 0.912 bits per heavy atom. The number of hydrogen-bond acceptors (Lipinski definition) is 0. The Bertz CT molecular complexity index is 861. The summed E-state index contributed by atoms with van der Waals surface area (Å²) in [5, 5.41) is 0. The lowest BCUT2D eigenvalue weighted by Crippen LogP contribution is -2.50. The van der Waals surface area contributed by atoms with Gasteiger partial charge in [-0.3, -0.25) is 0 Å². The van der Waals surface area contributed by atoms with Gasteiger partial charge in [0.1, 0.15) is 0 Å². The number of allylic oxidation sites excluding steroid dienone is 2. The summed E-state index contributed by atoms with van der Waals surface area (Å²) >= 11 is 0. The average molecular weight is 461 g/mol. The highest BCUT2D eigenvalue weighted by atomic mass is 14.6. The van der Waals surface area contributed by atoms with E-state index in [0.29, 0.717) is 16.7 Å². The summed E-state index contributed by atoms with van der Waals surface area (Å²) in [6.07, 6.45) is 17.3. The van der Waals surface area contributed by atoms with Crippen LogP contribution in [0, 0.1) is 58.2 Å². The van der Waals surface area contributed by atoms with Crippen molar-refractivity contribution >= 4 is 5.57 Å². The first-order chi connectivity index (χ1) is 16.3. The summed E-state index contributed by atoms with van der Waals surface area (Å²) in [5.74, 6) is 7.54. The van der Waals surface area contributed by atoms with E-state index in [4.69, 9.17) is 0 Å². The number of fused-ring (bicyclic) bond motifs is 5. The molecule has 0 saturated heterocycles. The van der Waals surface area contributed by atoms with Crippen molar-refractivity contribution in [3.8, 4) is 0 Å². The lowest BCUT2D eigenvalue weighted by Gasteiger charge is -2.58. The summed E-state index contributed by atoms with van der Waals surface area (Å²) in [6.45, 7) is 15.2. The van der Waals surface area contributed by atoms with Crippen LogP contribution in [0.5, 0.6) is 0 Å². The van der Waals surface area contributed by atoms with Gasteiger partial charge in [0.15, 0.2) is 0 Å². The minimum Gasteiger partial charge on any atom is -0.0836 e. The Morgan fingerprint density at radius 2 is 1.65 bits per heavy atom. The molecule has 0 amide bonds. The summed E-state index contributed by atoms with van der Waals surface area (Å²) < 4.78 is 0. The van der Waals surface area contributed by atoms with Crippen molar-refractivity contribution in [1.82, 2.24) is 0 Å². The topological polar surface area (TPSA) is 0 Å². The standard InChI is InChI=1S/C34H52/c1-7-26(27(8-2)24-12-10-9-11-13-24)23(3)31-16-17-32-30-15-14-25-22-33(4,5)20-18-28(25)29(30)19-21-34(31,32)6/h8-13,23,25-26,28-32H,7,14-22H2,1-6H3/b27-8+/t23-,25?,26?,28-,29+,30+,31+,32-,34+/m0/s1. The summed E-state index contributed by atoms with van der Waals surface area (Å²) in [4.78, 5) is 0. The van der Waals surface area contributed by atoms with Gasteiger partial charge >= 0.3 is 0 Å². The molecule has 9 atom stereocenters. The number of rotatable bonds is 5. The predicted molar refractivity (Wildman–Crippen MR) is 147 cm³/mol. The zero-order chi connectivity index (χ0) is 24.1. The summed E-state index contributed by atoms with van der Waals surface area (Å²) in [7, 11) is 0. The van der Waals surface area contributed by atoms with E-state index in [2.05, 4.69) is 78.0 Å². The van der Waals surface area contributed by atoms with E-state index in [1.165, 1.54) is 63.4 Å². The first kappa shape index (κ1) is 24.6. The third kappa shape index (κ3) is 4.14. The van der Waals surface area contributed by atoms with E-state index >= 15 is 0 Å². The molecular weight excluding hydrogens is 408 g/mol. The van der Waals surface area contributed by atoms with Crippen LogP contribution >= 0.6 is 0 Å². The second-order valence-corrected chi connectivity index (χ2v) is 14.1. The Morgan fingerprint density at radius 3 is 2.35 bits per heavy atom. The fourth-order valence-corrected chi connectivity index (χ4v) is 10.6. The van der Waals surface area contributed by atoms with E-state index < -0.39 is 0 Å². The molecule has 0 heterocycles. The van der Waals surface area contributed by atoms with Crippen LogP contribution in [-0.2, 0) is 0 Å². The van der Waals surface area contributed by atoms with Gasteiger partial charge in [0, 0.05) is 0 Å². The highest BCUT2D eigenvalue weighted by Gasteiger charge is 2.58. The molecule has 0 N–H and O–H groups in total. The van der Waals surface area contributed by atoms with Gasteiger partial charge in [-0.2, -0.15) is 0 Å². The zero-order valence-corrected chi connectivity index (χ0v) is 23.2. The first-order valence-corrected chi connectivity index (χ1v) is 15.0. The Balaban J connectivity index is 1.35. The molecule has 5 rings (SSSR count). The summed E-state index contributed by atoms with van der Waals surface area (Å²) in [6, 6.07) is 11.3. The minimum atomic E-state index is 0.574. The molecular formula is C34H52. The van der Waals surface area contributed by atoms with Gasteiger partial charge in [-0.1, -0.05) is 71.0 Å². The molecule has 4 aliphatic carbocycles. The maximum Gasteiger partial charge on any atom is -0.0133 e. The number of hydrogen-bond donors (Lipinski definition) is 0. The molecule has 0 heteroatoms. The van der Waals surface area contributed by atoms with E-state index in [1.54, 1.807) is 12.0 Å². The average Bonchev–Trinajstić information content (AvgIpc) is 3.19. The maximum absolute atomic E-state index is 2.75. The normalized spacial score (nSPS) is 41.2. The number of benzene rings is 1. The monoisotopic (exact) mass is 460 g/mol. The fourth-order valence-electron chi connectivity index (χ4n) is 10.6. The molecule has 0 spiro atoms. The minimum absolute atomic E-state index is 0.574. The molecule has 1 aromatic rings. The quantitative estimate of drug-likeness (QED) is 0.410. The largest absolute Gasteiger partial charge is 0.0836 e. The van der Waals surface area contributed by atoms with E-state index in [9.17, 15) is 0 Å². The van der Waals surface area contributed by atoms with Crippen LogP contribution in [0.1, 0.15) is 111 Å². The Kier molecular flexibility index (Phi) is 6.84. The van der Waals surface area contributed by atoms with Crippen molar-refractivity contribution in [2.24, 2.45) is 58.2 Å². The van der Waals surface area contributed by atoms with Crippen molar-refractivity contribution in [3.05, 3.63) is 42.0 Å². The van der Waals surface area contributed by atoms with E-state index in [-0.39, 0.29) is 0 Å². The third-order valence-corrected chi connectivity index (χ3v) is 12.1. The SMILES string of the molecule is C/C=C(\c1ccccc1)C(CC)[C@H](C)[C@H]1CC[C@H]2[C@@H]3CCC4CC(C)(C)CC[C@@H]4[C@H]3CC[C@]12C. The van der Waals surface area contributed by atoms with Crippen molar-refractivity contribution in [2.45, 2.75) is 106 Å². The molecule has 1 aromatic carbocycles. The van der Waals surface area contributed by atoms with Crippen LogP contribution in [0.2, 0.25) is 0 Å². The lowest BCUT2D eigenvalue weighted by molar-refractivity contribution is -0.0824. The molecule has 4 saturated carbocycles. The molecule has 0 radical (unpaired) electrons. The molecule has 0 aromatic heterocycles. The maximum atomic E-state index is 2.75. The fraction of sp³-hybridized carbons (Fsp3) is 0.765. The van der Waals surface area contributed by atoms with Gasteiger partial charge in [-0.25, -0.2) is 0 Å². The van der Waals surface area contributed by atoms with Crippen molar-refractivity contribution in [2.75, 3.05) is 0 Å². The van der Waals surface area contributed by atoms with Crippen molar-refractivity contribution in [3.63, 3.8) is 0 Å². The highest BCUT2D eigenvalue weighted by molar-refractivity contribution is 5.67. The van der Waals surface area contributed by atoms with Gasteiger partial charge in [-0.15, -0.1) is 0 Å². The molecule has 188 valence electrons. The Labute approximate surface area is 211 Å². The predicted octanol–water partition coefficient (Wildman–Crippen LogP) is 10.0. The highest BCUT2D eigenvalue weighted by Crippen LogP contribution is 2.66. The van der Waals surface area contributed by atoms with Crippen LogP contribution in [0.25, 0.3) is 5.57 Å². The second kappa shape index (κ2) is 9.44. The first-order valence-electron chi connectivity index (χ1n) is 15.0. The molecule has 0 bridgehead atoms. The molecule has 4 fully saturated rings. The van der Waals surface area contributed by atoms with Crippen LogP contribution < -0.4 is 0 Å². The van der Waals surface area contributed by atoms with E-state index in [0.717, 1.165) is 41.4 Å². The van der Waals surface area contributed by atoms with Crippen LogP contribution in [0.15, 0.2) is 36.4 Å². The third-order valence-electron chi connectivity index (χ3n) is 12.1. The van der Waals surface area contributed by atoms with Gasteiger partial charge in [0.25, 0.3) is 0 Å². The van der Waals surface area contributed by atoms with Crippen LogP contribution in [-0.4, -0.2) is 0 Å². The molecule has 0 aliphatic heterocycles. The molecule has 4 aliphatic rings. The molecule has 34 heavy (non-hydrogen) atoms. The van der Waals surface area contributed by atoms with Gasteiger partial charge in [0.2, 0.25) is 0 Å². The van der Waals surface area contributed by atoms with Crippen LogP contribution in [0.3, 0.4) is 0 Å². The van der Waals surface area contributed by atoms with E-state index in [1.807, 2.05) is 0 Å². The van der Waals surface area contributed by atoms with Crippen molar-refractivity contribution in [1.29, 1.82) is 0 Å². The molecule has 0 nitrogen and oxygen atoms in total. The van der Waals surface area contributed by atoms with Crippen molar-refractivity contribution < 1.29 is 0 Å². The zero-order valence-electron chi connectivity index (χ0n) is 23.2. The van der Waals surface area contributed by atoms with Gasteiger partial charge in [0.05, 0.1) is 0 Å². The van der Waals surface area contributed by atoms with Crippen LogP contribution in [0.4, 0.5) is 0 Å². The lowest BCUT2D eigenvalue weighted by atomic mass is 9.47.